The van der Waals surface area contributed by atoms with Crippen LogP contribution in [0.15, 0.2) is 89.1 Å². The zero-order valence-electron chi connectivity index (χ0n) is 17.5. The third kappa shape index (κ3) is 5.66. The number of aromatic nitrogens is 3. The number of nitro groups is 1. The van der Waals surface area contributed by atoms with Crippen LogP contribution in [0.5, 0.6) is 0 Å². The fourth-order valence-corrected chi connectivity index (χ4v) is 3.88. The second-order valence-electron chi connectivity index (χ2n) is 6.92. The lowest BCUT2D eigenvalue weighted by Gasteiger charge is -2.10. The Balaban J connectivity index is 1.53. The van der Waals surface area contributed by atoms with E-state index in [-0.39, 0.29) is 17.3 Å². The van der Waals surface area contributed by atoms with Crippen LogP contribution in [-0.2, 0) is 4.79 Å². The van der Waals surface area contributed by atoms with Crippen LogP contribution in [0.4, 0.5) is 5.69 Å². The number of thioether (sulfide) groups is 1. The highest BCUT2D eigenvalue weighted by atomic mass is 35.5. The van der Waals surface area contributed by atoms with Crippen molar-refractivity contribution in [3.8, 4) is 17.1 Å². The third-order valence-electron chi connectivity index (χ3n) is 4.57. The minimum atomic E-state index is -0.461. The molecule has 0 saturated carbocycles. The third-order valence-corrected chi connectivity index (χ3v) is 5.75. The lowest BCUT2D eigenvalue weighted by Crippen LogP contribution is -2.20. The van der Waals surface area contributed by atoms with Crippen LogP contribution < -0.4 is 5.43 Å². The number of carbonyl (C=O) groups excluding carboxylic acids is 1. The summed E-state index contributed by atoms with van der Waals surface area (Å²) in [4.78, 5) is 23.1. The summed E-state index contributed by atoms with van der Waals surface area (Å²) >= 11 is 7.03. The molecule has 0 spiro atoms. The Bertz CT molecular complexity index is 1340. The Kier molecular flexibility index (Phi) is 7.31. The average molecular weight is 493 g/mol. The zero-order chi connectivity index (χ0) is 23.9. The maximum Gasteiger partial charge on any atom is 0.270 e. The van der Waals surface area contributed by atoms with Crippen molar-refractivity contribution in [1.82, 2.24) is 20.2 Å². The van der Waals surface area contributed by atoms with Gasteiger partial charge in [-0.25, -0.2) is 5.43 Å². The molecule has 0 unspecified atom stereocenters. The van der Waals surface area contributed by atoms with E-state index in [0.717, 1.165) is 11.3 Å². The number of nitrogens with one attached hydrogen (secondary N) is 1. The van der Waals surface area contributed by atoms with Gasteiger partial charge < -0.3 is 0 Å². The number of amides is 1. The van der Waals surface area contributed by atoms with E-state index in [2.05, 4.69) is 20.7 Å². The summed E-state index contributed by atoms with van der Waals surface area (Å²) in [6.45, 7) is 0. The van der Waals surface area contributed by atoms with Gasteiger partial charge in [0.2, 0.25) is 0 Å². The Morgan fingerprint density at radius 1 is 1.09 bits per heavy atom. The SMILES string of the molecule is O=C(CSc1nnc(-c2cccc([N+](=O)[O-])c2)n1-c1ccccc1)N/N=C/c1ccc(Cl)cc1. The van der Waals surface area contributed by atoms with E-state index in [0.29, 0.717) is 21.6 Å². The second-order valence-corrected chi connectivity index (χ2v) is 8.30. The first-order valence-electron chi connectivity index (χ1n) is 9.97. The summed E-state index contributed by atoms with van der Waals surface area (Å²) in [5, 5.41) is 24.7. The number of rotatable bonds is 8. The molecule has 9 nitrogen and oxygen atoms in total. The van der Waals surface area contributed by atoms with Gasteiger partial charge in [-0.1, -0.05) is 65.8 Å². The first-order valence-corrected chi connectivity index (χ1v) is 11.3. The molecule has 11 heteroatoms. The smallest absolute Gasteiger partial charge is 0.270 e. The number of halogens is 1. The molecule has 3 aromatic carbocycles. The molecule has 0 aliphatic carbocycles. The standard InChI is InChI=1S/C23H17ClN6O3S/c24-18-11-9-16(10-12-18)14-25-26-21(31)15-34-23-28-27-22(29(23)19-6-2-1-3-7-19)17-5-4-8-20(13-17)30(32)33/h1-14H,15H2,(H,26,31)/b25-14+. The van der Waals surface area contributed by atoms with Gasteiger partial charge in [-0.2, -0.15) is 5.10 Å². The summed E-state index contributed by atoms with van der Waals surface area (Å²) in [5.41, 5.74) is 4.52. The summed E-state index contributed by atoms with van der Waals surface area (Å²) in [5.74, 6) is 0.144. The van der Waals surface area contributed by atoms with Gasteiger partial charge in [-0.05, 0) is 29.8 Å². The van der Waals surface area contributed by atoms with Crippen LogP contribution >= 0.6 is 23.4 Å². The van der Waals surface area contributed by atoms with Crippen LogP contribution in [0.25, 0.3) is 17.1 Å². The Hall–Kier alpha value is -4.02. The molecular weight excluding hydrogens is 476 g/mol. The van der Waals surface area contributed by atoms with Gasteiger partial charge in [-0.3, -0.25) is 19.5 Å². The predicted octanol–water partition coefficient (Wildman–Crippen LogP) is 4.74. The number of benzene rings is 3. The number of nitrogens with zero attached hydrogens (tertiary/aromatic N) is 5. The van der Waals surface area contributed by atoms with Crippen molar-refractivity contribution in [2.45, 2.75) is 5.16 Å². The largest absolute Gasteiger partial charge is 0.272 e. The fourth-order valence-electron chi connectivity index (χ4n) is 3.01. The van der Waals surface area contributed by atoms with E-state index >= 15 is 0 Å². The van der Waals surface area contributed by atoms with Crippen LogP contribution in [0.3, 0.4) is 0 Å². The normalized spacial score (nSPS) is 11.0. The van der Waals surface area contributed by atoms with Crippen molar-refractivity contribution < 1.29 is 9.72 Å². The molecular formula is C23H17ClN6O3S. The highest BCUT2D eigenvalue weighted by Gasteiger charge is 2.19. The molecule has 0 saturated heterocycles. The zero-order valence-corrected chi connectivity index (χ0v) is 19.1. The molecule has 1 amide bonds. The molecule has 1 N–H and O–H groups in total. The van der Waals surface area contributed by atoms with Gasteiger partial charge in [0.25, 0.3) is 11.6 Å². The average Bonchev–Trinajstić information content (AvgIpc) is 3.28. The van der Waals surface area contributed by atoms with E-state index in [1.54, 1.807) is 41.0 Å². The molecule has 0 radical (unpaired) electrons. The number of non-ortho nitro benzene ring substituents is 1. The van der Waals surface area contributed by atoms with Crippen LogP contribution in [0.2, 0.25) is 5.02 Å². The van der Waals surface area contributed by atoms with Gasteiger partial charge >= 0.3 is 0 Å². The molecule has 0 fully saturated rings. The van der Waals surface area contributed by atoms with E-state index in [1.807, 2.05) is 30.3 Å². The minimum Gasteiger partial charge on any atom is -0.272 e. The second kappa shape index (κ2) is 10.7. The Morgan fingerprint density at radius 3 is 2.59 bits per heavy atom. The summed E-state index contributed by atoms with van der Waals surface area (Å²) in [6, 6.07) is 22.5. The lowest BCUT2D eigenvalue weighted by atomic mass is 10.2. The molecule has 1 aromatic heterocycles. The van der Waals surface area contributed by atoms with Crippen LogP contribution in [0.1, 0.15) is 5.56 Å². The van der Waals surface area contributed by atoms with E-state index in [9.17, 15) is 14.9 Å². The summed E-state index contributed by atoms with van der Waals surface area (Å²) < 4.78 is 1.76. The van der Waals surface area contributed by atoms with Crippen LogP contribution in [0, 0.1) is 10.1 Å². The molecule has 4 aromatic rings. The van der Waals surface area contributed by atoms with Gasteiger partial charge in [0.1, 0.15) is 0 Å². The summed E-state index contributed by atoms with van der Waals surface area (Å²) in [6.07, 6.45) is 1.52. The lowest BCUT2D eigenvalue weighted by molar-refractivity contribution is -0.384. The quantitative estimate of drug-likeness (QED) is 0.164. The number of hydrogen-bond acceptors (Lipinski definition) is 7. The topological polar surface area (TPSA) is 115 Å². The van der Waals surface area contributed by atoms with Gasteiger partial charge in [0.05, 0.1) is 16.9 Å². The predicted molar refractivity (Wildman–Crippen MR) is 131 cm³/mol. The Morgan fingerprint density at radius 2 is 1.85 bits per heavy atom. The highest BCUT2D eigenvalue weighted by Crippen LogP contribution is 2.29. The van der Waals surface area contributed by atoms with Crippen molar-refractivity contribution in [3.63, 3.8) is 0 Å². The monoisotopic (exact) mass is 492 g/mol. The van der Waals surface area contributed by atoms with Crippen molar-refractivity contribution in [1.29, 1.82) is 0 Å². The van der Waals surface area contributed by atoms with E-state index in [1.165, 1.54) is 30.1 Å². The van der Waals surface area contributed by atoms with Gasteiger partial charge in [0, 0.05) is 28.4 Å². The molecule has 0 bridgehead atoms. The first-order chi connectivity index (χ1) is 16.5. The number of hydrogen-bond donors (Lipinski definition) is 1. The Labute approximate surface area is 203 Å². The minimum absolute atomic E-state index is 0.0395. The number of hydrazone groups is 1. The molecule has 1 heterocycles. The van der Waals surface area contributed by atoms with Crippen molar-refractivity contribution in [2.24, 2.45) is 5.10 Å². The molecule has 34 heavy (non-hydrogen) atoms. The fraction of sp³-hybridized carbons (Fsp3) is 0.0435. The summed E-state index contributed by atoms with van der Waals surface area (Å²) in [7, 11) is 0. The van der Waals surface area contributed by atoms with Crippen LogP contribution in [-0.4, -0.2) is 37.6 Å². The molecule has 0 atom stereocenters. The van der Waals surface area contributed by atoms with E-state index in [4.69, 9.17) is 11.6 Å². The maximum atomic E-state index is 12.3. The van der Waals surface area contributed by atoms with E-state index < -0.39 is 4.92 Å². The first kappa shape index (κ1) is 23.1. The molecule has 4 rings (SSSR count). The molecule has 0 aliphatic heterocycles. The van der Waals surface area contributed by atoms with Crippen molar-refractivity contribution in [2.75, 3.05) is 5.75 Å². The molecule has 0 aliphatic rings. The number of carbonyl (C=O) groups is 1. The van der Waals surface area contributed by atoms with Crippen molar-refractivity contribution in [3.05, 3.63) is 99.6 Å². The number of para-hydroxylation sites is 1. The maximum absolute atomic E-state index is 12.3. The van der Waals surface area contributed by atoms with Gasteiger partial charge in [0.15, 0.2) is 11.0 Å². The van der Waals surface area contributed by atoms with Crippen molar-refractivity contribution >= 4 is 41.2 Å². The highest BCUT2D eigenvalue weighted by molar-refractivity contribution is 7.99. The molecule has 170 valence electrons. The number of nitro benzene ring substituents is 1. The van der Waals surface area contributed by atoms with Gasteiger partial charge in [-0.15, -0.1) is 10.2 Å².